The molecule has 5 heteroatoms. The maximum Gasteiger partial charge on any atom is 0.151 e. The van der Waals surface area contributed by atoms with Gasteiger partial charge in [0, 0.05) is 37.2 Å². The summed E-state index contributed by atoms with van der Waals surface area (Å²) < 4.78 is 1.15. The van der Waals surface area contributed by atoms with Gasteiger partial charge in [-0.1, -0.05) is 28.1 Å². The lowest BCUT2D eigenvalue weighted by atomic mass is 10.2. The van der Waals surface area contributed by atoms with Crippen LogP contribution in [0.2, 0.25) is 0 Å². The van der Waals surface area contributed by atoms with E-state index in [9.17, 15) is 0 Å². The lowest BCUT2D eigenvalue weighted by molar-refractivity contribution is 0.249. The van der Waals surface area contributed by atoms with E-state index >= 15 is 0 Å². The van der Waals surface area contributed by atoms with E-state index in [1.807, 2.05) is 0 Å². The Kier molecular flexibility index (Phi) is 4.31. The summed E-state index contributed by atoms with van der Waals surface area (Å²) in [5, 5.41) is 8.87. The Morgan fingerprint density at radius 2 is 1.87 bits per heavy atom. The molecule has 2 heterocycles. The molecule has 4 rings (SSSR count). The highest BCUT2D eigenvalue weighted by Crippen LogP contribution is 2.23. The van der Waals surface area contributed by atoms with Gasteiger partial charge in [0.25, 0.3) is 0 Å². The van der Waals surface area contributed by atoms with Crippen molar-refractivity contribution in [2.24, 2.45) is 0 Å². The fourth-order valence-electron chi connectivity index (χ4n) is 3.50. The number of fused-ring (bicyclic) bond motifs is 1. The van der Waals surface area contributed by atoms with Gasteiger partial charge in [0.05, 0.1) is 5.69 Å². The number of aryl methyl sites for hydroxylation is 2. The van der Waals surface area contributed by atoms with Crippen LogP contribution in [0, 0.1) is 0 Å². The summed E-state index contributed by atoms with van der Waals surface area (Å²) in [6.45, 7) is 5.22. The quantitative estimate of drug-likeness (QED) is 0.828. The predicted molar refractivity (Wildman–Crippen MR) is 95.7 cm³/mol. The van der Waals surface area contributed by atoms with Crippen LogP contribution in [0.1, 0.15) is 23.2 Å². The van der Waals surface area contributed by atoms with Crippen LogP contribution in [0.4, 0.5) is 5.82 Å². The smallest absolute Gasteiger partial charge is 0.151 e. The van der Waals surface area contributed by atoms with Crippen LogP contribution >= 0.6 is 15.9 Å². The van der Waals surface area contributed by atoms with Gasteiger partial charge in [0.15, 0.2) is 5.82 Å². The number of halogens is 1. The van der Waals surface area contributed by atoms with Crippen LogP contribution in [-0.2, 0) is 19.4 Å². The van der Waals surface area contributed by atoms with Crippen molar-refractivity contribution in [3.63, 3.8) is 0 Å². The molecule has 0 amide bonds. The summed E-state index contributed by atoms with van der Waals surface area (Å²) in [6.07, 6.45) is 3.50. The molecule has 0 atom stereocenters. The van der Waals surface area contributed by atoms with Crippen LogP contribution in [0.15, 0.2) is 34.8 Å². The van der Waals surface area contributed by atoms with Crippen molar-refractivity contribution in [3.05, 3.63) is 51.6 Å². The molecule has 23 heavy (non-hydrogen) atoms. The van der Waals surface area contributed by atoms with Crippen molar-refractivity contribution in [1.82, 2.24) is 15.1 Å². The fraction of sp³-hybridized carbons (Fsp3) is 0.444. The van der Waals surface area contributed by atoms with E-state index in [1.54, 1.807) is 0 Å². The average Bonchev–Trinajstić information content (AvgIpc) is 3.03. The van der Waals surface area contributed by atoms with Crippen LogP contribution < -0.4 is 4.90 Å². The first kappa shape index (κ1) is 15.1. The van der Waals surface area contributed by atoms with Gasteiger partial charge in [0.1, 0.15) is 0 Å². The second-order valence-electron chi connectivity index (χ2n) is 6.42. The Bertz CT molecular complexity index is 695. The normalized spacial score (nSPS) is 18.2. The molecule has 1 aliphatic heterocycles. The van der Waals surface area contributed by atoms with Crippen LogP contribution in [0.5, 0.6) is 0 Å². The molecule has 2 aliphatic rings. The van der Waals surface area contributed by atoms with Crippen molar-refractivity contribution in [2.75, 3.05) is 31.1 Å². The van der Waals surface area contributed by atoms with E-state index in [4.69, 9.17) is 0 Å². The molecule has 0 saturated carbocycles. The Morgan fingerprint density at radius 1 is 1.00 bits per heavy atom. The van der Waals surface area contributed by atoms with E-state index in [0.29, 0.717) is 0 Å². The third-order valence-corrected chi connectivity index (χ3v) is 5.29. The van der Waals surface area contributed by atoms with Crippen molar-refractivity contribution in [3.8, 4) is 0 Å². The lowest BCUT2D eigenvalue weighted by Gasteiger charge is -2.35. The molecule has 0 unspecified atom stereocenters. The highest BCUT2D eigenvalue weighted by molar-refractivity contribution is 9.10. The highest BCUT2D eigenvalue weighted by Gasteiger charge is 2.21. The Balaban J connectivity index is 1.37. The van der Waals surface area contributed by atoms with E-state index in [1.165, 1.54) is 29.7 Å². The second kappa shape index (κ2) is 6.57. The summed E-state index contributed by atoms with van der Waals surface area (Å²) in [7, 11) is 0. The minimum Gasteiger partial charge on any atom is -0.353 e. The SMILES string of the molecule is Brc1cccc(CN2CCN(c3cc4c(nn3)CCC4)CC2)c1. The van der Waals surface area contributed by atoms with Gasteiger partial charge >= 0.3 is 0 Å². The average molecular weight is 373 g/mol. The van der Waals surface area contributed by atoms with Gasteiger partial charge in [-0.15, -0.1) is 5.10 Å². The largest absolute Gasteiger partial charge is 0.353 e. The molecule has 0 N–H and O–H groups in total. The summed E-state index contributed by atoms with van der Waals surface area (Å²) in [6, 6.07) is 10.9. The van der Waals surface area contributed by atoms with Crippen molar-refractivity contribution >= 4 is 21.7 Å². The zero-order chi connectivity index (χ0) is 15.6. The molecule has 0 spiro atoms. The first-order valence-electron chi connectivity index (χ1n) is 8.35. The number of piperazine rings is 1. The molecule has 120 valence electrons. The van der Waals surface area contributed by atoms with Crippen molar-refractivity contribution in [2.45, 2.75) is 25.8 Å². The Hall–Kier alpha value is -1.46. The lowest BCUT2D eigenvalue weighted by Crippen LogP contribution is -2.46. The van der Waals surface area contributed by atoms with Gasteiger partial charge in [-0.25, -0.2) is 0 Å². The van der Waals surface area contributed by atoms with E-state index in [2.05, 4.69) is 66.3 Å². The molecule has 1 aromatic heterocycles. The van der Waals surface area contributed by atoms with Gasteiger partial charge in [0.2, 0.25) is 0 Å². The van der Waals surface area contributed by atoms with Crippen LogP contribution in [0.3, 0.4) is 0 Å². The summed E-state index contributed by atoms with van der Waals surface area (Å²) in [5.41, 5.74) is 3.98. The Labute approximate surface area is 145 Å². The number of anilines is 1. The maximum atomic E-state index is 4.45. The number of benzene rings is 1. The summed E-state index contributed by atoms with van der Waals surface area (Å²) >= 11 is 3.55. The number of aromatic nitrogens is 2. The van der Waals surface area contributed by atoms with Gasteiger partial charge in [-0.3, -0.25) is 4.90 Å². The number of hydrogen-bond donors (Lipinski definition) is 0. The van der Waals surface area contributed by atoms with Crippen LogP contribution in [0.25, 0.3) is 0 Å². The molecule has 1 saturated heterocycles. The molecule has 1 fully saturated rings. The summed E-state index contributed by atoms with van der Waals surface area (Å²) in [5.74, 6) is 1.06. The number of hydrogen-bond acceptors (Lipinski definition) is 4. The Morgan fingerprint density at radius 3 is 2.70 bits per heavy atom. The first-order valence-corrected chi connectivity index (χ1v) is 9.14. The summed E-state index contributed by atoms with van der Waals surface area (Å²) in [4.78, 5) is 4.89. The zero-order valence-electron chi connectivity index (χ0n) is 13.2. The topological polar surface area (TPSA) is 32.3 Å². The molecular formula is C18H21BrN4. The third kappa shape index (κ3) is 3.40. The third-order valence-electron chi connectivity index (χ3n) is 4.80. The zero-order valence-corrected chi connectivity index (χ0v) is 14.8. The van der Waals surface area contributed by atoms with Gasteiger partial charge < -0.3 is 4.90 Å². The monoisotopic (exact) mass is 372 g/mol. The molecule has 4 nitrogen and oxygen atoms in total. The van der Waals surface area contributed by atoms with Crippen LogP contribution in [-0.4, -0.2) is 41.3 Å². The standard InChI is InChI=1S/C18H21BrN4/c19-16-5-1-3-14(11-16)13-22-7-9-23(10-8-22)18-12-15-4-2-6-17(15)20-21-18/h1,3,5,11-12H,2,4,6-10,13H2. The molecule has 0 bridgehead atoms. The van der Waals surface area contributed by atoms with E-state index in [0.717, 1.165) is 49.4 Å². The minimum absolute atomic E-state index is 1.02. The number of nitrogens with zero attached hydrogens (tertiary/aromatic N) is 4. The van der Waals surface area contributed by atoms with Crippen molar-refractivity contribution < 1.29 is 0 Å². The second-order valence-corrected chi connectivity index (χ2v) is 7.34. The highest BCUT2D eigenvalue weighted by atomic mass is 79.9. The maximum absolute atomic E-state index is 4.45. The number of rotatable bonds is 3. The van der Waals surface area contributed by atoms with E-state index in [-0.39, 0.29) is 0 Å². The van der Waals surface area contributed by atoms with Gasteiger partial charge in [-0.05, 0) is 48.6 Å². The molecular weight excluding hydrogens is 352 g/mol. The molecule has 1 aliphatic carbocycles. The first-order chi connectivity index (χ1) is 11.3. The predicted octanol–water partition coefficient (Wildman–Crippen LogP) is 3.05. The van der Waals surface area contributed by atoms with E-state index < -0.39 is 0 Å². The minimum atomic E-state index is 1.02. The molecule has 0 radical (unpaired) electrons. The fourth-order valence-corrected chi connectivity index (χ4v) is 3.95. The molecule has 1 aromatic carbocycles. The van der Waals surface area contributed by atoms with Crippen molar-refractivity contribution in [1.29, 1.82) is 0 Å². The molecule has 2 aromatic rings. The van der Waals surface area contributed by atoms with Gasteiger partial charge in [-0.2, -0.15) is 5.10 Å².